The second-order valence-electron chi connectivity index (χ2n) is 8.54. The molecule has 30 heavy (non-hydrogen) atoms. The molecular formula is C22H24BrN5O2. The van der Waals surface area contributed by atoms with Gasteiger partial charge in [0.15, 0.2) is 5.82 Å². The number of fused-ring (bicyclic) bond motifs is 2. The summed E-state index contributed by atoms with van der Waals surface area (Å²) in [5, 5.41) is 11.2. The maximum absolute atomic E-state index is 13.0. The average Bonchev–Trinajstić information content (AvgIpc) is 3.53. The Balaban J connectivity index is 1.19. The summed E-state index contributed by atoms with van der Waals surface area (Å²) in [7, 11) is 0. The summed E-state index contributed by atoms with van der Waals surface area (Å²) >= 11 is 3.52. The van der Waals surface area contributed by atoms with E-state index >= 15 is 0 Å². The summed E-state index contributed by atoms with van der Waals surface area (Å²) < 4.78 is 0.999. The number of nitrogens with zero attached hydrogens (tertiary/aromatic N) is 4. The predicted octanol–water partition coefficient (Wildman–Crippen LogP) is 2.51. The lowest BCUT2D eigenvalue weighted by molar-refractivity contribution is -0.122. The van der Waals surface area contributed by atoms with Crippen LogP contribution in [0.15, 0.2) is 41.0 Å². The average molecular weight is 470 g/mol. The molecule has 2 amide bonds. The third-order valence-corrected chi connectivity index (χ3v) is 6.99. The van der Waals surface area contributed by atoms with Crippen LogP contribution in [-0.2, 0) is 10.2 Å². The van der Waals surface area contributed by atoms with E-state index in [1.807, 2.05) is 24.3 Å². The van der Waals surface area contributed by atoms with Crippen molar-refractivity contribution in [1.29, 1.82) is 0 Å². The summed E-state index contributed by atoms with van der Waals surface area (Å²) in [6.45, 7) is 2.42. The largest absolute Gasteiger partial charge is 0.355 e. The first-order valence-electron chi connectivity index (χ1n) is 10.5. The van der Waals surface area contributed by atoms with Gasteiger partial charge < -0.3 is 15.1 Å². The number of anilines is 1. The fraction of sp³-hybridized carbons (Fsp3) is 0.455. The van der Waals surface area contributed by atoms with Crippen LogP contribution < -0.4 is 10.2 Å². The molecule has 0 atom stereocenters. The molecule has 3 heterocycles. The second kappa shape index (κ2) is 7.65. The van der Waals surface area contributed by atoms with Crippen LogP contribution in [-0.4, -0.2) is 59.1 Å². The van der Waals surface area contributed by atoms with Crippen molar-refractivity contribution in [2.45, 2.75) is 37.1 Å². The van der Waals surface area contributed by atoms with Gasteiger partial charge in [0.1, 0.15) is 0 Å². The van der Waals surface area contributed by atoms with Gasteiger partial charge in [-0.1, -0.05) is 15.9 Å². The highest BCUT2D eigenvalue weighted by Crippen LogP contribution is 2.52. The van der Waals surface area contributed by atoms with Crippen LogP contribution in [0.3, 0.4) is 0 Å². The fourth-order valence-corrected chi connectivity index (χ4v) is 5.06. The molecule has 156 valence electrons. The molecule has 1 saturated heterocycles. The number of halogens is 1. The minimum atomic E-state index is -0.0716. The minimum Gasteiger partial charge on any atom is -0.355 e. The SMILES string of the molecule is O=C(CN1CC2(CC2)c2cc(Br)ccc2C1=O)NC1CCN(c2cccnn2)CC1. The van der Waals surface area contributed by atoms with Crippen molar-refractivity contribution in [2.24, 2.45) is 0 Å². The molecule has 1 aromatic heterocycles. The van der Waals surface area contributed by atoms with Crippen LogP contribution in [0.25, 0.3) is 0 Å². The summed E-state index contributed by atoms with van der Waals surface area (Å²) in [4.78, 5) is 29.6. The number of benzene rings is 1. The molecule has 2 fully saturated rings. The van der Waals surface area contributed by atoms with E-state index in [1.165, 1.54) is 0 Å². The standard InChI is InChI=1S/C22H24BrN5O2/c23-15-3-4-17-18(12-15)22(7-8-22)14-28(21(17)30)13-20(29)25-16-5-10-27(11-6-16)19-2-1-9-24-26-19/h1-4,9,12,16H,5-8,10-11,13-14H2,(H,25,29). The zero-order valence-corrected chi connectivity index (χ0v) is 18.3. The van der Waals surface area contributed by atoms with Gasteiger partial charge in [0.05, 0.1) is 6.54 Å². The van der Waals surface area contributed by atoms with Gasteiger partial charge in [-0.15, -0.1) is 5.10 Å². The molecule has 2 aromatic rings. The van der Waals surface area contributed by atoms with E-state index in [0.29, 0.717) is 6.54 Å². The Labute approximate surface area is 184 Å². The molecule has 2 aliphatic heterocycles. The quantitative estimate of drug-likeness (QED) is 0.743. The molecule has 1 N–H and O–H groups in total. The molecule has 8 heteroatoms. The van der Waals surface area contributed by atoms with Crippen LogP contribution in [0, 0.1) is 0 Å². The van der Waals surface area contributed by atoms with Crippen molar-refractivity contribution in [3.05, 3.63) is 52.1 Å². The highest BCUT2D eigenvalue weighted by molar-refractivity contribution is 9.10. The maximum atomic E-state index is 13.0. The van der Waals surface area contributed by atoms with Gasteiger partial charge in [0.2, 0.25) is 5.91 Å². The van der Waals surface area contributed by atoms with Crippen LogP contribution in [0.5, 0.6) is 0 Å². The van der Waals surface area contributed by atoms with E-state index in [4.69, 9.17) is 0 Å². The van der Waals surface area contributed by atoms with Crippen molar-refractivity contribution in [1.82, 2.24) is 20.4 Å². The summed E-state index contributed by atoms with van der Waals surface area (Å²) in [5.74, 6) is 0.765. The molecular weight excluding hydrogens is 446 g/mol. The third kappa shape index (κ3) is 3.69. The Morgan fingerprint density at radius 3 is 2.73 bits per heavy atom. The molecule has 1 aromatic carbocycles. The number of hydrogen-bond donors (Lipinski definition) is 1. The van der Waals surface area contributed by atoms with Gasteiger partial charge in [0, 0.05) is 47.3 Å². The first-order chi connectivity index (χ1) is 14.5. The highest BCUT2D eigenvalue weighted by atomic mass is 79.9. The van der Waals surface area contributed by atoms with E-state index in [1.54, 1.807) is 11.1 Å². The van der Waals surface area contributed by atoms with E-state index in [9.17, 15) is 9.59 Å². The predicted molar refractivity (Wildman–Crippen MR) is 116 cm³/mol. The molecule has 3 aliphatic rings. The number of carbonyl (C=O) groups excluding carboxylic acids is 2. The van der Waals surface area contributed by atoms with Gasteiger partial charge in [-0.2, -0.15) is 5.10 Å². The van der Waals surface area contributed by atoms with Gasteiger partial charge >= 0.3 is 0 Å². The maximum Gasteiger partial charge on any atom is 0.254 e. The molecule has 7 nitrogen and oxygen atoms in total. The van der Waals surface area contributed by atoms with Gasteiger partial charge in [-0.3, -0.25) is 9.59 Å². The highest BCUT2D eigenvalue weighted by Gasteiger charge is 2.51. The topological polar surface area (TPSA) is 78.4 Å². The van der Waals surface area contributed by atoms with Crippen molar-refractivity contribution in [3.8, 4) is 0 Å². The van der Waals surface area contributed by atoms with E-state index in [-0.39, 0.29) is 29.8 Å². The summed E-state index contributed by atoms with van der Waals surface area (Å²) in [6, 6.07) is 9.83. The van der Waals surface area contributed by atoms with Gasteiger partial charge in [-0.25, -0.2) is 0 Å². The number of amides is 2. The molecule has 0 radical (unpaired) electrons. The van der Waals surface area contributed by atoms with Crippen LogP contribution in [0.1, 0.15) is 41.6 Å². The van der Waals surface area contributed by atoms with Crippen molar-refractivity contribution in [3.63, 3.8) is 0 Å². The lowest BCUT2D eigenvalue weighted by atomic mass is 9.86. The van der Waals surface area contributed by atoms with Gasteiger partial charge in [-0.05, 0) is 61.6 Å². The lowest BCUT2D eigenvalue weighted by Gasteiger charge is -2.36. The van der Waals surface area contributed by atoms with Crippen molar-refractivity contribution in [2.75, 3.05) is 31.1 Å². The van der Waals surface area contributed by atoms with Gasteiger partial charge in [0.25, 0.3) is 5.91 Å². The number of nitrogens with one attached hydrogen (secondary N) is 1. The minimum absolute atomic E-state index is 0.0371. The number of piperidine rings is 1. The molecule has 1 saturated carbocycles. The summed E-state index contributed by atoms with van der Waals surface area (Å²) in [5.41, 5.74) is 1.91. The Morgan fingerprint density at radius 2 is 2.03 bits per heavy atom. The number of aromatic nitrogens is 2. The Morgan fingerprint density at radius 1 is 1.23 bits per heavy atom. The number of hydrogen-bond acceptors (Lipinski definition) is 5. The zero-order chi connectivity index (χ0) is 20.7. The first-order valence-corrected chi connectivity index (χ1v) is 11.2. The smallest absolute Gasteiger partial charge is 0.254 e. The van der Waals surface area contributed by atoms with Crippen LogP contribution in [0.4, 0.5) is 5.82 Å². The molecule has 1 spiro atoms. The first kappa shape index (κ1) is 19.5. The normalized spacial score (nSPS) is 20.2. The molecule has 1 aliphatic carbocycles. The Bertz CT molecular complexity index is 971. The van der Waals surface area contributed by atoms with Crippen LogP contribution >= 0.6 is 15.9 Å². The van der Waals surface area contributed by atoms with E-state index in [2.05, 4.69) is 42.4 Å². The van der Waals surface area contributed by atoms with E-state index in [0.717, 1.165) is 60.2 Å². The van der Waals surface area contributed by atoms with Crippen molar-refractivity contribution >= 4 is 33.6 Å². The Hall–Kier alpha value is -2.48. The van der Waals surface area contributed by atoms with Crippen molar-refractivity contribution < 1.29 is 9.59 Å². The molecule has 5 rings (SSSR count). The number of carbonyl (C=O) groups is 2. The monoisotopic (exact) mass is 469 g/mol. The molecule has 0 bridgehead atoms. The summed E-state index contributed by atoms with van der Waals surface area (Å²) in [6.07, 6.45) is 5.53. The third-order valence-electron chi connectivity index (χ3n) is 6.49. The number of rotatable bonds is 4. The Kier molecular flexibility index (Phi) is 4.97. The second-order valence-corrected chi connectivity index (χ2v) is 9.46. The molecule has 0 unspecified atom stereocenters. The van der Waals surface area contributed by atoms with E-state index < -0.39 is 0 Å². The fourth-order valence-electron chi connectivity index (χ4n) is 4.70. The zero-order valence-electron chi connectivity index (χ0n) is 16.7. The lowest BCUT2D eigenvalue weighted by Crippen LogP contribution is -2.51. The van der Waals surface area contributed by atoms with Crippen LogP contribution in [0.2, 0.25) is 0 Å².